The minimum Gasteiger partial charge on any atom is -0.394 e. The van der Waals surface area contributed by atoms with Crippen LogP contribution in [-0.2, 0) is 13.0 Å². The van der Waals surface area contributed by atoms with E-state index in [0.29, 0.717) is 12.3 Å². The lowest BCUT2D eigenvalue weighted by Crippen LogP contribution is -2.41. The number of hydrogen-bond donors (Lipinski definition) is 2. The average molecular weight is 386 g/mol. The quantitative estimate of drug-likeness (QED) is 0.731. The van der Waals surface area contributed by atoms with Crippen molar-refractivity contribution in [1.29, 1.82) is 0 Å². The van der Waals surface area contributed by atoms with Crippen LogP contribution in [0.15, 0.2) is 40.9 Å². The van der Waals surface area contributed by atoms with E-state index in [9.17, 15) is 9.90 Å². The van der Waals surface area contributed by atoms with E-state index < -0.39 is 0 Å². The maximum atomic E-state index is 12.3. The van der Waals surface area contributed by atoms with Crippen molar-refractivity contribution in [1.82, 2.24) is 15.4 Å². The second kappa shape index (κ2) is 9.85. The molecule has 1 aromatic carbocycles. The Kier molecular flexibility index (Phi) is 7.23. The number of aliphatic hydroxyl groups excluding tert-OH is 1. The number of hydrogen-bond acceptors (Lipinski definition) is 5. The van der Waals surface area contributed by atoms with E-state index >= 15 is 0 Å². The normalized spacial score (nSPS) is 17.0. The van der Waals surface area contributed by atoms with Crippen LogP contribution >= 0.6 is 0 Å². The predicted octanol–water partition coefficient (Wildman–Crippen LogP) is 2.88. The molecule has 0 radical (unpaired) electrons. The Morgan fingerprint density at radius 3 is 2.64 bits per heavy atom. The zero-order valence-corrected chi connectivity index (χ0v) is 16.8. The first-order chi connectivity index (χ1) is 13.5. The van der Waals surface area contributed by atoms with Gasteiger partial charge in [-0.15, -0.1) is 0 Å². The van der Waals surface area contributed by atoms with Crippen LogP contribution in [0.3, 0.4) is 0 Å². The summed E-state index contributed by atoms with van der Waals surface area (Å²) in [5.74, 6) is 1.28. The van der Waals surface area contributed by atoms with Gasteiger partial charge in [0, 0.05) is 6.07 Å². The summed E-state index contributed by atoms with van der Waals surface area (Å²) < 4.78 is 5.37. The van der Waals surface area contributed by atoms with E-state index in [1.807, 2.05) is 13.8 Å². The van der Waals surface area contributed by atoms with E-state index in [1.54, 1.807) is 6.07 Å². The van der Waals surface area contributed by atoms with Gasteiger partial charge in [0.2, 0.25) is 0 Å². The molecule has 1 fully saturated rings. The molecule has 1 aliphatic heterocycles. The second-order valence-electron chi connectivity index (χ2n) is 8.09. The molecule has 0 bridgehead atoms. The standard InChI is InChI=1S/C22H31N3O3/c1-16(2)21(15-26)23-22(27)20-13-19(28-24-20)14-25-10-8-18(9-11-25)12-17-6-4-3-5-7-17/h3-7,13,16,18,21,26H,8-12,14-15H2,1-2H3,(H,23,27)/t21-/m1/s1. The number of nitrogens with zero attached hydrogens (tertiary/aromatic N) is 2. The zero-order valence-electron chi connectivity index (χ0n) is 16.8. The number of piperidine rings is 1. The third-order valence-electron chi connectivity index (χ3n) is 5.56. The monoisotopic (exact) mass is 385 g/mol. The highest BCUT2D eigenvalue weighted by Gasteiger charge is 2.22. The van der Waals surface area contributed by atoms with Gasteiger partial charge in [-0.2, -0.15) is 0 Å². The number of amides is 1. The fraction of sp³-hybridized carbons (Fsp3) is 0.545. The van der Waals surface area contributed by atoms with Crippen LogP contribution in [0, 0.1) is 11.8 Å². The maximum Gasteiger partial charge on any atom is 0.273 e. The number of aromatic nitrogens is 1. The Balaban J connectivity index is 1.46. The number of likely N-dealkylation sites (tertiary alicyclic amines) is 1. The molecule has 1 atom stereocenters. The third-order valence-corrected chi connectivity index (χ3v) is 5.56. The number of carbonyl (C=O) groups excluding carboxylic acids is 1. The number of benzene rings is 1. The first-order valence-electron chi connectivity index (χ1n) is 10.2. The first-order valence-corrected chi connectivity index (χ1v) is 10.2. The van der Waals surface area contributed by atoms with Crippen LogP contribution in [-0.4, -0.2) is 46.8 Å². The van der Waals surface area contributed by atoms with Crippen molar-refractivity contribution in [3.63, 3.8) is 0 Å². The van der Waals surface area contributed by atoms with Gasteiger partial charge >= 0.3 is 0 Å². The van der Waals surface area contributed by atoms with Gasteiger partial charge in [-0.05, 0) is 49.8 Å². The fourth-order valence-corrected chi connectivity index (χ4v) is 3.68. The molecule has 0 unspecified atom stereocenters. The van der Waals surface area contributed by atoms with Crippen molar-refractivity contribution in [3.8, 4) is 0 Å². The highest BCUT2D eigenvalue weighted by molar-refractivity contribution is 5.92. The lowest BCUT2D eigenvalue weighted by atomic mass is 9.90. The predicted molar refractivity (Wildman–Crippen MR) is 108 cm³/mol. The molecule has 0 aliphatic carbocycles. The Bertz CT molecular complexity index is 736. The topological polar surface area (TPSA) is 78.6 Å². The number of aliphatic hydroxyl groups is 1. The van der Waals surface area contributed by atoms with Crippen LogP contribution < -0.4 is 5.32 Å². The van der Waals surface area contributed by atoms with Gasteiger partial charge in [0.25, 0.3) is 5.91 Å². The Labute approximate surface area is 166 Å². The molecule has 1 amide bonds. The van der Waals surface area contributed by atoms with Crippen LogP contribution in [0.2, 0.25) is 0 Å². The number of carbonyl (C=O) groups is 1. The molecule has 2 heterocycles. The summed E-state index contributed by atoms with van der Waals surface area (Å²) in [5.41, 5.74) is 1.68. The van der Waals surface area contributed by atoms with Crippen molar-refractivity contribution >= 4 is 5.91 Å². The summed E-state index contributed by atoms with van der Waals surface area (Å²) in [7, 11) is 0. The van der Waals surface area contributed by atoms with Crippen molar-refractivity contribution in [2.75, 3.05) is 19.7 Å². The SMILES string of the molecule is CC(C)[C@@H](CO)NC(=O)c1cc(CN2CCC(Cc3ccccc3)CC2)on1. The number of nitrogens with one attached hydrogen (secondary N) is 1. The molecule has 6 heteroatoms. The lowest BCUT2D eigenvalue weighted by Gasteiger charge is -2.31. The third kappa shape index (κ3) is 5.66. The van der Waals surface area contributed by atoms with E-state index in [0.717, 1.165) is 25.4 Å². The minimum absolute atomic E-state index is 0.0912. The van der Waals surface area contributed by atoms with Crippen LogP contribution in [0.25, 0.3) is 0 Å². The minimum atomic E-state index is -0.302. The highest BCUT2D eigenvalue weighted by atomic mass is 16.5. The van der Waals surface area contributed by atoms with Gasteiger partial charge in [0.05, 0.1) is 19.2 Å². The zero-order chi connectivity index (χ0) is 19.9. The number of rotatable bonds is 8. The Morgan fingerprint density at radius 2 is 2.00 bits per heavy atom. The summed E-state index contributed by atoms with van der Waals surface area (Å²) in [6.45, 7) is 6.55. The van der Waals surface area contributed by atoms with Gasteiger partial charge in [-0.1, -0.05) is 49.3 Å². The molecule has 152 valence electrons. The highest BCUT2D eigenvalue weighted by Crippen LogP contribution is 2.23. The van der Waals surface area contributed by atoms with Gasteiger partial charge in [0.15, 0.2) is 11.5 Å². The summed E-state index contributed by atoms with van der Waals surface area (Å²) in [6.07, 6.45) is 3.48. The largest absolute Gasteiger partial charge is 0.394 e. The summed E-state index contributed by atoms with van der Waals surface area (Å²) in [6, 6.07) is 12.1. The van der Waals surface area contributed by atoms with Gasteiger partial charge in [-0.25, -0.2) is 0 Å². The summed E-state index contributed by atoms with van der Waals surface area (Å²) >= 11 is 0. The Morgan fingerprint density at radius 1 is 1.29 bits per heavy atom. The molecular formula is C22H31N3O3. The van der Waals surface area contributed by atoms with E-state index in [2.05, 4.69) is 45.7 Å². The molecule has 1 saturated heterocycles. The molecular weight excluding hydrogens is 354 g/mol. The fourth-order valence-electron chi connectivity index (χ4n) is 3.68. The second-order valence-corrected chi connectivity index (χ2v) is 8.09. The van der Waals surface area contributed by atoms with Crippen LogP contribution in [0.5, 0.6) is 0 Å². The average Bonchev–Trinajstić information content (AvgIpc) is 3.16. The van der Waals surface area contributed by atoms with Crippen LogP contribution in [0.1, 0.15) is 48.5 Å². The van der Waals surface area contributed by atoms with E-state index in [4.69, 9.17) is 4.52 Å². The Hall–Kier alpha value is -2.18. The molecule has 28 heavy (non-hydrogen) atoms. The molecule has 6 nitrogen and oxygen atoms in total. The molecule has 1 aliphatic rings. The van der Waals surface area contributed by atoms with Gasteiger partial charge in [0.1, 0.15) is 0 Å². The molecule has 2 N–H and O–H groups in total. The molecule has 0 saturated carbocycles. The van der Waals surface area contributed by atoms with Crippen molar-refractivity contribution < 1.29 is 14.4 Å². The smallest absolute Gasteiger partial charge is 0.273 e. The molecule has 2 aromatic rings. The van der Waals surface area contributed by atoms with Crippen molar-refractivity contribution in [3.05, 3.63) is 53.4 Å². The summed E-state index contributed by atoms with van der Waals surface area (Å²) in [5, 5.41) is 16.1. The molecule has 1 aromatic heterocycles. The molecule has 0 spiro atoms. The first kappa shape index (κ1) is 20.6. The lowest BCUT2D eigenvalue weighted by molar-refractivity contribution is 0.0887. The van der Waals surface area contributed by atoms with Crippen LogP contribution in [0.4, 0.5) is 0 Å². The van der Waals surface area contributed by atoms with Gasteiger partial charge in [-0.3, -0.25) is 9.69 Å². The summed E-state index contributed by atoms with van der Waals surface area (Å²) in [4.78, 5) is 14.6. The maximum absolute atomic E-state index is 12.3. The van der Waals surface area contributed by atoms with Crippen molar-refractivity contribution in [2.24, 2.45) is 11.8 Å². The molecule has 3 rings (SSSR count). The van der Waals surface area contributed by atoms with E-state index in [-0.39, 0.29) is 30.2 Å². The van der Waals surface area contributed by atoms with Crippen molar-refractivity contribution in [2.45, 2.75) is 45.7 Å². The van der Waals surface area contributed by atoms with E-state index in [1.165, 1.54) is 18.4 Å². The van der Waals surface area contributed by atoms with Gasteiger partial charge < -0.3 is 14.9 Å².